The molecule has 1 N–H and O–H groups in total. The lowest BCUT2D eigenvalue weighted by Crippen LogP contribution is -2.32. The SMILES string of the molecule is COCCn1c(C(C)NC(=O)COc2ccc(Cl)cc2)nc2ccccc21. The second-order valence-corrected chi connectivity index (χ2v) is 6.57. The first-order valence-electron chi connectivity index (χ1n) is 8.70. The van der Waals surface area contributed by atoms with Crippen molar-refractivity contribution < 1.29 is 14.3 Å². The van der Waals surface area contributed by atoms with Crippen LogP contribution in [0.1, 0.15) is 18.8 Å². The zero-order chi connectivity index (χ0) is 19.2. The van der Waals surface area contributed by atoms with E-state index in [1.807, 2.05) is 31.2 Å². The Morgan fingerprint density at radius 3 is 2.70 bits per heavy atom. The zero-order valence-corrected chi connectivity index (χ0v) is 16.1. The average Bonchev–Trinajstić information content (AvgIpc) is 3.04. The molecule has 3 rings (SSSR count). The van der Waals surface area contributed by atoms with E-state index in [-0.39, 0.29) is 18.6 Å². The van der Waals surface area contributed by atoms with Gasteiger partial charge >= 0.3 is 0 Å². The number of para-hydroxylation sites is 2. The quantitative estimate of drug-likeness (QED) is 0.641. The minimum absolute atomic E-state index is 0.0791. The molecule has 0 aliphatic rings. The van der Waals surface area contributed by atoms with Crippen LogP contribution in [0.15, 0.2) is 48.5 Å². The number of benzene rings is 2. The molecule has 7 heteroatoms. The van der Waals surface area contributed by atoms with Gasteiger partial charge in [-0.15, -0.1) is 0 Å². The molecule has 0 aliphatic heterocycles. The molecule has 1 unspecified atom stereocenters. The highest BCUT2D eigenvalue weighted by Gasteiger charge is 2.18. The van der Waals surface area contributed by atoms with Gasteiger partial charge in [0.2, 0.25) is 0 Å². The highest BCUT2D eigenvalue weighted by molar-refractivity contribution is 6.30. The molecule has 1 amide bonds. The molecule has 0 aliphatic carbocycles. The third kappa shape index (κ3) is 4.78. The molecule has 0 spiro atoms. The van der Waals surface area contributed by atoms with Crippen LogP contribution in [0, 0.1) is 0 Å². The average molecular weight is 388 g/mol. The van der Waals surface area contributed by atoms with Gasteiger partial charge in [0.15, 0.2) is 6.61 Å². The van der Waals surface area contributed by atoms with Crippen LogP contribution in [0.4, 0.5) is 0 Å². The second kappa shape index (κ2) is 8.88. The maximum Gasteiger partial charge on any atom is 0.258 e. The van der Waals surface area contributed by atoms with Crippen LogP contribution in [0.2, 0.25) is 5.02 Å². The van der Waals surface area contributed by atoms with Crippen LogP contribution in [-0.2, 0) is 16.1 Å². The van der Waals surface area contributed by atoms with E-state index in [9.17, 15) is 4.79 Å². The van der Waals surface area contributed by atoms with Crippen molar-refractivity contribution in [1.82, 2.24) is 14.9 Å². The predicted molar refractivity (Wildman–Crippen MR) is 105 cm³/mol. The molecule has 1 atom stereocenters. The predicted octanol–water partition coefficient (Wildman–Crippen LogP) is 3.59. The molecule has 2 aromatic carbocycles. The number of nitrogens with one attached hydrogen (secondary N) is 1. The second-order valence-electron chi connectivity index (χ2n) is 6.13. The number of rotatable bonds is 8. The van der Waals surface area contributed by atoms with E-state index in [0.29, 0.717) is 23.9 Å². The van der Waals surface area contributed by atoms with Crippen molar-refractivity contribution in [2.75, 3.05) is 20.3 Å². The number of aromatic nitrogens is 2. The number of halogens is 1. The minimum Gasteiger partial charge on any atom is -0.484 e. The summed E-state index contributed by atoms with van der Waals surface area (Å²) in [6.45, 7) is 3.05. The van der Waals surface area contributed by atoms with E-state index < -0.39 is 0 Å². The fraction of sp³-hybridized carbons (Fsp3) is 0.300. The normalized spacial score (nSPS) is 12.1. The summed E-state index contributed by atoms with van der Waals surface area (Å²) in [4.78, 5) is 17.0. The van der Waals surface area contributed by atoms with Crippen LogP contribution in [0.3, 0.4) is 0 Å². The Balaban J connectivity index is 1.68. The molecule has 27 heavy (non-hydrogen) atoms. The lowest BCUT2D eigenvalue weighted by molar-refractivity contribution is -0.123. The number of nitrogens with zero attached hydrogens (tertiary/aromatic N) is 2. The number of methoxy groups -OCH3 is 1. The Bertz CT molecular complexity index is 908. The van der Waals surface area contributed by atoms with Gasteiger partial charge in [0.1, 0.15) is 11.6 Å². The van der Waals surface area contributed by atoms with E-state index in [4.69, 9.17) is 21.1 Å². The van der Waals surface area contributed by atoms with Gasteiger partial charge in [0.05, 0.1) is 23.7 Å². The molecule has 142 valence electrons. The van der Waals surface area contributed by atoms with Crippen molar-refractivity contribution in [3.05, 3.63) is 59.4 Å². The smallest absolute Gasteiger partial charge is 0.258 e. The van der Waals surface area contributed by atoms with Crippen molar-refractivity contribution in [2.45, 2.75) is 19.5 Å². The Kier molecular flexibility index (Phi) is 6.32. The molecule has 0 fully saturated rings. The molecule has 0 bridgehead atoms. The molecule has 0 radical (unpaired) electrons. The van der Waals surface area contributed by atoms with Gasteiger partial charge in [-0.2, -0.15) is 0 Å². The summed E-state index contributed by atoms with van der Waals surface area (Å²) in [5, 5.41) is 3.56. The number of hydrogen-bond donors (Lipinski definition) is 1. The maximum absolute atomic E-state index is 12.3. The first kappa shape index (κ1) is 19.2. The summed E-state index contributed by atoms with van der Waals surface area (Å²) in [6, 6.07) is 14.5. The summed E-state index contributed by atoms with van der Waals surface area (Å²) < 4.78 is 12.8. The standard InChI is InChI=1S/C20H22ClN3O3/c1-14(22-19(25)13-27-16-9-7-15(21)8-10-16)20-23-17-5-3-4-6-18(17)24(20)11-12-26-2/h3-10,14H,11-13H2,1-2H3,(H,22,25). The van der Waals surface area contributed by atoms with Crippen LogP contribution in [0.5, 0.6) is 5.75 Å². The van der Waals surface area contributed by atoms with E-state index in [2.05, 4.69) is 14.9 Å². The number of imidazole rings is 1. The fourth-order valence-electron chi connectivity index (χ4n) is 2.87. The summed E-state index contributed by atoms with van der Waals surface area (Å²) in [6.07, 6.45) is 0. The maximum atomic E-state index is 12.3. The van der Waals surface area contributed by atoms with Gasteiger partial charge < -0.3 is 19.4 Å². The lowest BCUT2D eigenvalue weighted by atomic mass is 10.3. The summed E-state index contributed by atoms with van der Waals surface area (Å²) >= 11 is 5.84. The Labute approximate surface area is 163 Å². The molecule has 3 aromatic rings. The van der Waals surface area contributed by atoms with Gasteiger partial charge in [-0.1, -0.05) is 23.7 Å². The molecule has 6 nitrogen and oxygen atoms in total. The van der Waals surface area contributed by atoms with Gasteiger partial charge in [0.25, 0.3) is 5.91 Å². The number of hydrogen-bond acceptors (Lipinski definition) is 4. The summed E-state index contributed by atoms with van der Waals surface area (Å²) in [7, 11) is 1.66. The number of carbonyl (C=O) groups excluding carboxylic acids is 1. The van der Waals surface area contributed by atoms with E-state index in [1.165, 1.54) is 0 Å². The van der Waals surface area contributed by atoms with Gasteiger partial charge in [-0.3, -0.25) is 4.79 Å². The molecule has 0 saturated carbocycles. The van der Waals surface area contributed by atoms with Crippen molar-refractivity contribution in [3.63, 3.8) is 0 Å². The Morgan fingerprint density at radius 1 is 1.22 bits per heavy atom. The van der Waals surface area contributed by atoms with Crippen molar-refractivity contribution in [2.24, 2.45) is 0 Å². The van der Waals surface area contributed by atoms with Crippen LogP contribution >= 0.6 is 11.6 Å². The van der Waals surface area contributed by atoms with Crippen LogP contribution in [0.25, 0.3) is 11.0 Å². The summed E-state index contributed by atoms with van der Waals surface area (Å²) in [5.74, 6) is 1.16. The molecular formula is C20H22ClN3O3. The topological polar surface area (TPSA) is 65.4 Å². The van der Waals surface area contributed by atoms with E-state index in [0.717, 1.165) is 16.9 Å². The van der Waals surface area contributed by atoms with Crippen LogP contribution in [-0.4, -0.2) is 35.8 Å². The highest BCUT2D eigenvalue weighted by Crippen LogP contribution is 2.21. The molecular weight excluding hydrogens is 366 g/mol. The fourth-order valence-corrected chi connectivity index (χ4v) is 3.00. The first-order chi connectivity index (χ1) is 13.1. The Morgan fingerprint density at radius 2 is 1.96 bits per heavy atom. The monoisotopic (exact) mass is 387 g/mol. The van der Waals surface area contributed by atoms with Gasteiger partial charge in [-0.05, 0) is 43.3 Å². The number of fused-ring (bicyclic) bond motifs is 1. The number of amides is 1. The molecule has 1 aromatic heterocycles. The van der Waals surface area contributed by atoms with Crippen molar-refractivity contribution >= 4 is 28.5 Å². The molecule has 0 saturated heterocycles. The number of carbonyl (C=O) groups is 1. The summed E-state index contributed by atoms with van der Waals surface area (Å²) in [5.41, 5.74) is 1.91. The van der Waals surface area contributed by atoms with E-state index >= 15 is 0 Å². The third-order valence-corrected chi connectivity index (χ3v) is 4.40. The van der Waals surface area contributed by atoms with Gasteiger partial charge in [0, 0.05) is 18.7 Å². The lowest BCUT2D eigenvalue weighted by Gasteiger charge is -2.16. The number of ether oxygens (including phenoxy) is 2. The Hall–Kier alpha value is -2.57. The van der Waals surface area contributed by atoms with Gasteiger partial charge in [-0.25, -0.2) is 4.98 Å². The van der Waals surface area contributed by atoms with Crippen molar-refractivity contribution in [1.29, 1.82) is 0 Å². The van der Waals surface area contributed by atoms with Crippen LogP contribution < -0.4 is 10.1 Å². The minimum atomic E-state index is -0.268. The zero-order valence-electron chi connectivity index (χ0n) is 15.3. The third-order valence-electron chi connectivity index (χ3n) is 4.15. The van der Waals surface area contributed by atoms with E-state index in [1.54, 1.807) is 31.4 Å². The molecule has 1 heterocycles. The largest absolute Gasteiger partial charge is 0.484 e. The highest BCUT2D eigenvalue weighted by atomic mass is 35.5. The van der Waals surface area contributed by atoms with Crippen molar-refractivity contribution in [3.8, 4) is 5.75 Å². The first-order valence-corrected chi connectivity index (χ1v) is 9.08.